The van der Waals surface area contributed by atoms with E-state index < -0.39 is 0 Å². The summed E-state index contributed by atoms with van der Waals surface area (Å²) >= 11 is 5.22. The van der Waals surface area contributed by atoms with Gasteiger partial charge in [0.25, 0.3) is 0 Å². The molecular formula is C16H19BrN6OS. The topological polar surface area (TPSA) is 82.3 Å². The van der Waals surface area contributed by atoms with Gasteiger partial charge in [-0.1, -0.05) is 0 Å². The molecule has 0 saturated heterocycles. The normalized spacial score (nSPS) is 11.7. The third-order valence-electron chi connectivity index (χ3n) is 3.51. The molecule has 132 valence electrons. The zero-order valence-corrected chi connectivity index (χ0v) is 16.4. The Hall–Kier alpha value is -2.13. The van der Waals surface area contributed by atoms with Crippen LogP contribution in [0, 0.1) is 0 Å². The first-order valence-corrected chi connectivity index (χ1v) is 9.38. The van der Waals surface area contributed by atoms with Crippen LogP contribution >= 0.6 is 27.3 Å². The van der Waals surface area contributed by atoms with Gasteiger partial charge in [0.05, 0.1) is 16.6 Å². The van der Waals surface area contributed by atoms with Crippen molar-refractivity contribution in [2.45, 2.75) is 13.0 Å². The Morgan fingerprint density at radius 2 is 2.32 bits per heavy atom. The molecule has 0 fully saturated rings. The van der Waals surface area contributed by atoms with Crippen molar-refractivity contribution in [3.05, 3.63) is 45.0 Å². The lowest BCUT2D eigenvalue weighted by atomic mass is 10.4. The Bertz CT molecular complexity index is 825. The summed E-state index contributed by atoms with van der Waals surface area (Å²) in [5.74, 6) is 2.88. The van der Waals surface area contributed by atoms with Crippen molar-refractivity contribution in [2.24, 2.45) is 4.99 Å². The number of furan rings is 1. The number of aromatic nitrogens is 3. The molecule has 0 atom stereocenters. The van der Waals surface area contributed by atoms with Crippen LogP contribution < -0.4 is 5.32 Å². The molecule has 0 aliphatic carbocycles. The Labute approximate surface area is 158 Å². The Morgan fingerprint density at radius 3 is 3.00 bits per heavy atom. The molecule has 0 aliphatic rings. The maximum Gasteiger partial charge on any atom is 0.216 e. The molecule has 2 N–H and O–H groups in total. The number of thiophene rings is 1. The molecule has 0 spiro atoms. The summed E-state index contributed by atoms with van der Waals surface area (Å²) in [4.78, 5) is 12.1. The van der Waals surface area contributed by atoms with E-state index in [0.29, 0.717) is 24.6 Å². The Morgan fingerprint density at radius 1 is 1.44 bits per heavy atom. The van der Waals surface area contributed by atoms with Crippen LogP contribution in [-0.2, 0) is 13.0 Å². The van der Waals surface area contributed by atoms with E-state index in [1.807, 2.05) is 19.2 Å². The van der Waals surface area contributed by atoms with Crippen LogP contribution in [0.25, 0.3) is 11.6 Å². The molecule has 0 unspecified atom stereocenters. The second kappa shape index (κ2) is 8.30. The van der Waals surface area contributed by atoms with Gasteiger partial charge >= 0.3 is 0 Å². The molecule has 3 aromatic heterocycles. The van der Waals surface area contributed by atoms with Gasteiger partial charge in [-0.15, -0.1) is 11.3 Å². The summed E-state index contributed by atoms with van der Waals surface area (Å²) in [6, 6.07) is 7.83. The molecule has 0 saturated carbocycles. The largest absolute Gasteiger partial charge is 0.461 e. The van der Waals surface area contributed by atoms with Gasteiger partial charge in [-0.3, -0.25) is 10.1 Å². The van der Waals surface area contributed by atoms with Gasteiger partial charge in [-0.2, -0.15) is 5.10 Å². The number of hydrogen-bond donors (Lipinski definition) is 2. The van der Waals surface area contributed by atoms with Gasteiger partial charge in [0.15, 0.2) is 11.7 Å². The molecule has 0 aromatic carbocycles. The van der Waals surface area contributed by atoms with E-state index in [1.165, 1.54) is 4.88 Å². The van der Waals surface area contributed by atoms with Crippen LogP contribution in [0.4, 0.5) is 0 Å². The van der Waals surface area contributed by atoms with Crippen LogP contribution in [0.3, 0.4) is 0 Å². The van der Waals surface area contributed by atoms with E-state index in [0.717, 1.165) is 22.1 Å². The average molecular weight is 423 g/mol. The minimum Gasteiger partial charge on any atom is -0.461 e. The van der Waals surface area contributed by atoms with Gasteiger partial charge in [0.2, 0.25) is 5.82 Å². The van der Waals surface area contributed by atoms with Gasteiger partial charge in [0, 0.05) is 31.9 Å². The summed E-state index contributed by atoms with van der Waals surface area (Å²) in [7, 11) is 3.80. The Kier molecular flexibility index (Phi) is 5.87. The van der Waals surface area contributed by atoms with E-state index in [9.17, 15) is 0 Å². The Balaban J connectivity index is 1.50. The first-order chi connectivity index (χ1) is 12.2. The van der Waals surface area contributed by atoms with Crippen molar-refractivity contribution in [3.63, 3.8) is 0 Å². The SMILES string of the molecule is CN=C(NCCc1nc(-c2ccco2)n[nH]1)N(C)Cc1ccc(Br)s1. The monoisotopic (exact) mass is 422 g/mol. The summed E-state index contributed by atoms with van der Waals surface area (Å²) in [6.45, 7) is 1.51. The average Bonchev–Trinajstić information content (AvgIpc) is 3.33. The van der Waals surface area contributed by atoms with Crippen molar-refractivity contribution >= 4 is 33.2 Å². The van der Waals surface area contributed by atoms with Crippen LogP contribution in [0.1, 0.15) is 10.7 Å². The van der Waals surface area contributed by atoms with E-state index in [2.05, 4.69) is 58.5 Å². The summed E-state index contributed by atoms with van der Waals surface area (Å²) in [6.07, 6.45) is 2.32. The number of aliphatic imine (C=N–C) groups is 1. The predicted molar refractivity (Wildman–Crippen MR) is 103 cm³/mol. The van der Waals surface area contributed by atoms with Crippen LogP contribution in [0.2, 0.25) is 0 Å². The molecule has 0 aliphatic heterocycles. The fraction of sp³-hybridized carbons (Fsp3) is 0.312. The quantitative estimate of drug-likeness (QED) is 0.470. The number of H-pyrrole nitrogens is 1. The van der Waals surface area contributed by atoms with Gasteiger partial charge in [-0.25, -0.2) is 4.98 Å². The highest BCUT2D eigenvalue weighted by Gasteiger charge is 2.10. The highest BCUT2D eigenvalue weighted by atomic mass is 79.9. The van der Waals surface area contributed by atoms with Crippen molar-refractivity contribution in [3.8, 4) is 11.6 Å². The number of rotatable bonds is 6. The van der Waals surface area contributed by atoms with Crippen molar-refractivity contribution in [1.29, 1.82) is 0 Å². The highest BCUT2D eigenvalue weighted by molar-refractivity contribution is 9.11. The lowest BCUT2D eigenvalue weighted by molar-refractivity contribution is 0.481. The van der Waals surface area contributed by atoms with Crippen LogP contribution in [0.15, 0.2) is 43.7 Å². The van der Waals surface area contributed by atoms with E-state index >= 15 is 0 Å². The molecule has 25 heavy (non-hydrogen) atoms. The number of nitrogens with one attached hydrogen (secondary N) is 2. The highest BCUT2D eigenvalue weighted by Crippen LogP contribution is 2.23. The fourth-order valence-electron chi connectivity index (χ4n) is 2.35. The lowest BCUT2D eigenvalue weighted by Gasteiger charge is -2.21. The first kappa shape index (κ1) is 17.7. The molecular weight excluding hydrogens is 404 g/mol. The molecule has 0 radical (unpaired) electrons. The minimum absolute atomic E-state index is 0.574. The van der Waals surface area contributed by atoms with E-state index in [1.54, 1.807) is 24.6 Å². The molecule has 3 heterocycles. The second-order valence-corrected chi connectivity index (χ2v) is 7.92. The molecule has 9 heteroatoms. The van der Waals surface area contributed by atoms with E-state index in [-0.39, 0.29) is 0 Å². The van der Waals surface area contributed by atoms with Gasteiger partial charge in [-0.05, 0) is 40.2 Å². The molecule has 3 aromatic rings. The molecule has 3 rings (SSSR count). The van der Waals surface area contributed by atoms with Crippen molar-refractivity contribution < 1.29 is 4.42 Å². The third-order valence-corrected chi connectivity index (χ3v) is 5.12. The van der Waals surface area contributed by atoms with Gasteiger partial charge in [0.1, 0.15) is 5.82 Å². The maximum atomic E-state index is 5.29. The standard InChI is InChI=1S/C16H19BrN6OS/c1-18-16(23(2)10-11-5-6-13(17)25-11)19-8-7-14-20-15(22-21-14)12-4-3-9-24-12/h3-6,9H,7-8,10H2,1-2H3,(H,18,19)(H,20,21,22). The number of nitrogens with zero attached hydrogens (tertiary/aromatic N) is 4. The zero-order chi connectivity index (χ0) is 17.6. The van der Waals surface area contributed by atoms with Gasteiger partial charge < -0.3 is 14.6 Å². The number of hydrogen-bond acceptors (Lipinski definition) is 5. The first-order valence-electron chi connectivity index (χ1n) is 7.77. The van der Waals surface area contributed by atoms with Crippen LogP contribution in [0.5, 0.6) is 0 Å². The number of guanidine groups is 1. The molecule has 0 amide bonds. The fourth-order valence-corrected chi connectivity index (χ4v) is 3.88. The summed E-state index contributed by atoms with van der Waals surface area (Å²) in [5.41, 5.74) is 0. The van der Waals surface area contributed by atoms with Crippen molar-refractivity contribution in [2.75, 3.05) is 20.6 Å². The third kappa shape index (κ3) is 4.70. The molecule has 7 nitrogen and oxygen atoms in total. The number of halogens is 1. The van der Waals surface area contributed by atoms with E-state index in [4.69, 9.17) is 4.42 Å². The summed E-state index contributed by atoms with van der Waals surface area (Å²) < 4.78 is 6.43. The summed E-state index contributed by atoms with van der Waals surface area (Å²) in [5, 5.41) is 10.5. The molecule has 0 bridgehead atoms. The maximum absolute atomic E-state index is 5.29. The van der Waals surface area contributed by atoms with Crippen LogP contribution in [-0.4, -0.2) is 46.7 Å². The zero-order valence-electron chi connectivity index (χ0n) is 14.0. The lowest BCUT2D eigenvalue weighted by Crippen LogP contribution is -2.39. The minimum atomic E-state index is 0.574. The smallest absolute Gasteiger partial charge is 0.216 e. The second-order valence-electron chi connectivity index (χ2n) is 5.37. The predicted octanol–water partition coefficient (Wildman–Crippen LogP) is 3.14. The number of aromatic amines is 1. The van der Waals surface area contributed by atoms with Crippen molar-refractivity contribution in [1.82, 2.24) is 25.4 Å².